The number of halogens is 2. The molecule has 0 aliphatic rings. The Labute approximate surface area is 116 Å². The minimum atomic E-state index is 0.424. The van der Waals surface area contributed by atoms with Crippen LogP contribution >= 0.6 is 23.2 Å². The summed E-state index contributed by atoms with van der Waals surface area (Å²) in [5, 5.41) is 8.49. The Morgan fingerprint density at radius 2 is 2.11 bits per heavy atom. The first-order chi connectivity index (χ1) is 8.56. The van der Waals surface area contributed by atoms with Gasteiger partial charge < -0.3 is 5.32 Å². The quantitative estimate of drug-likeness (QED) is 0.938. The molecule has 0 aliphatic carbocycles. The van der Waals surface area contributed by atoms with Crippen molar-refractivity contribution in [1.82, 2.24) is 20.1 Å². The Bertz CT molecular complexity index is 537. The van der Waals surface area contributed by atoms with Gasteiger partial charge in [0.2, 0.25) is 0 Å². The molecule has 0 amide bonds. The molecule has 0 aromatic carbocycles. The standard InChI is InChI=1S/C12H14Cl2N4/c1-8(2)15-4-9-3-11(14)12(16-5-9)18-7-10(13)6-17-18/h3,5-8,15H,4H2,1-2H3. The largest absolute Gasteiger partial charge is 0.310 e. The van der Waals surface area contributed by atoms with Crippen LogP contribution in [-0.4, -0.2) is 20.8 Å². The molecule has 2 aromatic heterocycles. The fourth-order valence-corrected chi connectivity index (χ4v) is 1.89. The molecule has 0 fully saturated rings. The van der Waals surface area contributed by atoms with E-state index in [0.717, 1.165) is 12.1 Å². The predicted octanol–water partition coefficient (Wildman–Crippen LogP) is 3.07. The third kappa shape index (κ3) is 3.22. The smallest absolute Gasteiger partial charge is 0.172 e. The van der Waals surface area contributed by atoms with Crippen molar-refractivity contribution in [2.75, 3.05) is 0 Å². The minimum Gasteiger partial charge on any atom is -0.310 e. The third-order valence-corrected chi connectivity index (χ3v) is 2.83. The minimum absolute atomic E-state index is 0.424. The second-order valence-corrected chi connectivity index (χ2v) is 5.13. The topological polar surface area (TPSA) is 42.7 Å². The van der Waals surface area contributed by atoms with E-state index in [2.05, 4.69) is 29.2 Å². The van der Waals surface area contributed by atoms with Gasteiger partial charge in [-0.25, -0.2) is 9.67 Å². The number of nitrogens with one attached hydrogen (secondary N) is 1. The van der Waals surface area contributed by atoms with Gasteiger partial charge in [0.1, 0.15) is 0 Å². The van der Waals surface area contributed by atoms with Crippen molar-refractivity contribution in [1.29, 1.82) is 0 Å². The van der Waals surface area contributed by atoms with Gasteiger partial charge in [0.05, 0.1) is 22.4 Å². The Kier molecular flexibility index (Phi) is 4.22. The molecule has 6 heteroatoms. The summed E-state index contributed by atoms with van der Waals surface area (Å²) in [6, 6.07) is 2.31. The van der Waals surface area contributed by atoms with Crippen LogP contribution in [0.2, 0.25) is 10.0 Å². The highest BCUT2D eigenvalue weighted by molar-refractivity contribution is 6.32. The summed E-state index contributed by atoms with van der Waals surface area (Å²) in [6.45, 7) is 4.93. The van der Waals surface area contributed by atoms with Crippen LogP contribution < -0.4 is 5.32 Å². The second-order valence-electron chi connectivity index (χ2n) is 4.29. The van der Waals surface area contributed by atoms with E-state index in [1.807, 2.05) is 6.07 Å². The Hall–Kier alpha value is -1.10. The maximum Gasteiger partial charge on any atom is 0.172 e. The highest BCUT2D eigenvalue weighted by Gasteiger charge is 2.07. The normalized spacial score (nSPS) is 11.2. The summed E-state index contributed by atoms with van der Waals surface area (Å²) in [4.78, 5) is 4.31. The Morgan fingerprint density at radius 1 is 1.33 bits per heavy atom. The summed E-state index contributed by atoms with van der Waals surface area (Å²) in [7, 11) is 0. The Balaban J connectivity index is 2.20. The van der Waals surface area contributed by atoms with E-state index in [1.165, 1.54) is 0 Å². The first-order valence-corrected chi connectivity index (χ1v) is 6.40. The number of pyridine rings is 1. The molecule has 0 saturated carbocycles. The fraction of sp³-hybridized carbons (Fsp3) is 0.333. The van der Waals surface area contributed by atoms with Gasteiger partial charge in [-0.05, 0) is 11.6 Å². The van der Waals surface area contributed by atoms with Crippen LogP contribution in [0.1, 0.15) is 19.4 Å². The van der Waals surface area contributed by atoms with E-state index in [4.69, 9.17) is 23.2 Å². The van der Waals surface area contributed by atoms with Gasteiger partial charge in [-0.3, -0.25) is 0 Å². The molecule has 96 valence electrons. The van der Waals surface area contributed by atoms with Crippen molar-refractivity contribution in [3.8, 4) is 5.82 Å². The van der Waals surface area contributed by atoms with Crippen molar-refractivity contribution in [2.45, 2.75) is 26.4 Å². The highest BCUT2D eigenvalue weighted by atomic mass is 35.5. The summed E-state index contributed by atoms with van der Waals surface area (Å²) >= 11 is 12.0. The van der Waals surface area contributed by atoms with Crippen LogP contribution in [0, 0.1) is 0 Å². The monoisotopic (exact) mass is 284 g/mol. The molecular formula is C12H14Cl2N4. The molecule has 0 saturated heterocycles. The molecule has 2 aromatic rings. The molecule has 2 heterocycles. The molecule has 0 radical (unpaired) electrons. The molecule has 4 nitrogen and oxygen atoms in total. The van der Waals surface area contributed by atoms with Crippen molar-refractivity contribution >= 4 is 23.2 Å². The van der Waals surface area contributed by atoms with E-state index in [1.54, 1.807) is 23.3 Å². The third-order valence-electron chi connectivity index (χ3n) is 2.36. The van der Waals surface area contributed by atoms with Crippen molar-refractivity contribution < 1.29 is 0 Å². The van der Waals surface area contributed by atoms with Crippen molar-refractivity contribution in [2.24, 2.45) is 0 Å². The van der Waals surface area contributed by atoms with Gasteiger partial charge in [0, 0.05) is 18.8 Å². The van der Waals surface area contributed by atoms with E-state index in [9.17, 15) is 0 Å². The van der Waals surface area contributed by atoms with Crippen LogP contribution in [0.25, 0.3) is 5.82 Å². The summed E-state index contributed by atoms with van der Waals surface area (Å²) in [5.74, 6) is 0.580. The van der Waals surface area contributed by atoms with Gasteiger partial charge in [-0.2, -0.15) is 5.10 Å². The van der Waals surface area contributed by atoms with E-state index >= 15 is 0 Å². The summed E-state index contributed by atoms with van der Waals surface area (Å²) < 4.78 is 1.56. The molecule has 18 heavy (non-hydrogen) atoms. The first kappa shape index (κ1) is 13.3. The van der Waals surface area contributed by atoms with E-state index in [-0.39, 0.29) is 0 Å². The number of aromatic nitrogens is 3. The van der Waals surface area contributed by atoms with Crippen molar-refractivity contribution in [3.63, 3.8) is 0 Å². The Morgan fingerprint density at radius 3 is 2.67 bits per heavy atom. The van der Waals surface area contributed by atoms with Gasteiger partial charge in [0.15, 0.2) is 5.82 Å². The first-order valence-electron chi connectivity index (χ1n) is 5.64. The zero-order chi connectivity index (χ0) is 13.1. The van der Waals surface area contributed by atoms with Gasteiger partial charge >= 0.3 is 0 Å². The summed E-state index contributed by atoms with van der Waals surface area (Å²) in [5.41, 5.74) is 1.04. The second kappa shape index (κ2) is 5.69. The lowest BCUT2D eigenvalue weighted by Crippen LogP contribution is -2.22. The molecule has 2 rings (SSSR count). The van der Waals surface area contributed by atoms with E-state index in [0.29, 0.717) is 21.9 Å². The summed E-state index contributed by atoms with van der Waals surface area (Å²) in [6.07, 6.45) is 5.00. The number of hydrogen-bond donors (Lipinski definition) is 1. The molecule has 1 N–H and O–H groups in total. The van der Waals surface area contributed by atoms with Crippen LogP contribution in [0.4, 0.5) is 0 Å². The van der Waals surface area contributed by atoms with Crippen LogP contribution in [0.5, 0.6) is 0 Å². The van der Waals surface area contributed by atoms with Gasteiger partial charge in [-0.1, -0.05) is 37.0 Å². The van der Waals surface area contributed by atoms with Gasteiger partial charge in [-0.15, -0.1) is 0 Å². The SMILES string of the molecule is CC(C)NCc1cnc(-n2cc(Cl)cn2)c(Cl)c1. The van der Waals surface area contributed by atoms with Gasteiger partial charge in [0.25, 0.3) is 0 Å². The number of hydrogen-bond acceptors (Lipinski definition) is 3. The van der Waals surface area contributed by atoms with E-state index < -0.39 is 0 Å². The molecule has 0 aliphatic heterocycles. The zero-order valence-electron chi connectivity index (χ0n) is 10.2. The molecule has 0 atom stereocenters. The fourth-order valence-electron chi connectivity index (χ4n) is 1.47. The average molecular weight is 285 g/mol. The predicted molar refractivity (Wildman–Crippen MR) is 73.4 cm³/mol. The highest BCUT2D eigenvalue weighted by Crippen LogP contribution is 2.20. The number of nitrogens with zero attached hydrogens (tertiary/aromatic N) is 3. The average Bonchev–Trinajstić information content (AvgIpc) is 2.73. The number of rotatable bonds is 4. The lowest BCUT2D eigenvalue weighted by Gasteiger charge is -2.09. The zero-order valence-corrected chi connectivity index (χ0v) is 11.7. The van der Waals surface area contributed by atoms with Crippen LogP contribution in [0.3, 0.4) is 0 Å². The maximum atomic E-state index is 6.19. The van der Waals surface area contributed by atoms with Crippen molar-refractivity contribution in [3.05, 3.63) is 40.3 Å². The molecule has 0 spiro atoms. The van der Waals surface area contributed by atoms with Crippen LogP contribution in [0.15, 0.2) is 24.7 Å². The lowest BCUT2D eigenvalue weighted by molar-refractivity contribution is 0.587. The molecule has 0 unspecified atom stereocenters. The van der Waals surface area contributed by atoms with Crippen LogP contribution in [-0.2, 0) is 6.54 Å². The lowest BCUT2D eigenvalue weighted by atomic mass is 10.2. The molecular weight excluding hydrogens is 271 g/mol. The maximum absolute atomic E-state index is 6.19. The molecule has 0 bridgehead atoms.